The quantitative estimate of drug-likeness (QED) is 0.883. The Morgan fingerprint density at radius 3 is 2.56 bits per heavy atom. The third-order valence-electron chi connectivity index (χ3n) is 3.77. The first-order chi connectivity index (χ1) is 8.69. The molecule has 0 bridgehead atoms. The van der Waals surface area contributed by atoms with E-state index in [1.807, 2.05) is 12.3 Å². The molecule has 1 aliphatic rings. The van der Waals surface area contributed by atoms with Crippen LogP contribution in [0.4, 0.5) is 11.5 Å². The van der Waals surface area contributed by atoms with Crippen LogP contribution in [0.2, 0.25) is 0 Å². The lowest BCUT2D eigenvalue weighted by atomic mass is 10.1. The second-order valence-electron chi connectivity index (χ2n) is 5.24. The Bertz CT molecular complexity index is 355. The van der Waals surface area contributed by atoms with E-state index < -0.39 is 0 Å². The number of anilines is 2. The fourth-order valence-corrected chi connectivity index (χ4v) is 2.34. The van der Waals surface area contributed by atoms with Crippen molar-refractivity contribution in [2.75, 3.05) is 43.4 Å². The van der Waals surface area contributed by atoms with Gasteiger partial charge >= 0.3 is 0 Å². The summed E-state index contributed by atoms with van der Waals surface area (Å²) >= 11 is 0. The number of aromatic nitrogens is 1. The number of hydrogen-bond donors (Lipinski definition) is 1. The molecule has 0 radical (unpaired) electrons. The van der Waals surface area contributed by atoms with Gasteiger partial charge in [0.2, 0.25) is 0 Å². The van der Waals surface area contributed by atoms with Gasteiger partial charge in [-0.1, -0.05) is 20.3 Å². The van der Waals surface area contributed by atoms with Crippen LogP contribution in [-0.2, 0) is 0 Å². The summed E-state index contributed by atoms with van der Waals surface area (Å²) in [4.78, 5) is 9.11. The summed E-state index contributed by atoms with van der Waals surface area (Å²) in [6.07, 6.45) is 3.14. The summed E-state index contributed by atoms with van der Waals surface area (Å²) in [5.74, 6) is 1.39. The maximum absolute atomic E-state index is 5.61. The third kappa shape index (κ3) is 3.35. The average Bonchev–Trinajstić information content (AvgIpc) is 2.40. The Morgan fingerprint density at radius 1 is 1.28 bits per heavy atom. The summed E-state index contributed by atoms with van der Waals surface area (Å²) in [7, 11) is 0. The molecule has 18 heavy (non-hydrogen) atoms. The molecule has 4 nitrogen and oxygen atoms in total. The first kappa shape index (κ1) is 13.1. The fraction of sp³-hybridized carbons (Fsp3) is 0.643. The summed E-state index contributed by atoms with van der Waals surface area (Å²) in [5, 5.41) is 0. The third-order valence-corrected chi connectivity index (χ3v) is 3.77. The molecule has 1 saturated heterocycles. The molecule has 1 aromatic heterocycles. The monoisotopic (exact) mass is 248 g/mol. The fourth-order valence-electron chi connectivity index (χ4n) is 2.34. The highest BCUT2D eigenvalue weighted by Gasteiger charge is 2.18. The van der Waals surface area contributed by atoms with E-state index in [2.05, 4.69) is 34.7 Å². The summed E-state index contributed by atoms with van der Waals surface area (Å²) < 4.78 is 0. The van der Waals surface area contributed by atoms with Gasteiger partial charge < -0.3 is 10.6 Å². The van der Waals surface area contributed by atoms with Crippen LogP contribution in [0, 0.1) is 5.92 Å². The van der Waals surface area contributed by atoms with Crippen LogP contribution in [0.15, 0.2) is 18.3 Å². The number of nitrogen functional groups attached to an aromatic ring is 1. The molecular formula is C14H24N4. The number of nitrogens with zero attached hydrogens (tertiary/aromatic N) is 3. The number of pyridine rings is 1. The van der Waals surface area contributed by atoms with Crippen molar-refractivity contribution in [3.8, 4) is 0 Å². The lowest BCUT2D eigenvalue weighted by Gasteiger charge is -2.37. The Kier molecular flexibility index (Phi) is 4.42. The molecule has 0 aromatic carbocycles. The van der Waals surface area contributed by atoms with Gasteiger partial charge in [-0.05, 0) is 18.1 Å². The SMILES string of the molecule is CCC(C)CN1CCN(c2ccc(N)nc2)CC1. The van der Waals surface area contributed by atoms with Crippen LogP contribution in [-0.4, -0.2) is 42.6 Å². The smallest absolute Gasteiger partial charge is 0.123 e. The van der Waals surface area contributed by atoms with Crippen LogP contribution in [0.5, 0.6) is 0 Å². The maximum atomic E-state index is 5.61. The van der Waals surface area contributed by atoms with Crippen LogP contribution < -0.4 is 10.6 Å². The van der Waals surface area contributed by atoms with Gasteiger partial charge in [-0.15, -0.1) is 0 Å². The molecular weight excluding hydrogens is 224 g/mol. The minimum Gasteiger partial charge on any atom is -0.384 e. The number of nitrogens with two attached hydrogens (primary N) is 1. The number of hydrogen-bond acceptors (Lipinski definition) is 4. The van der Waals surface area contributed by atoms with Gasteiger partial charge in [-0.25, -0.2) is 4.98 Å². The van der Waals surface area contributed by atoms with E-state index in [1.54, 1.807) is 0 Å². The topological polar surface area (TPSA) is 45.4 Å². The minimum atomic E-state index is 0.592. The van der Waals surface area contributed by atoms with Gasteiger partial charge in [0.25, 0.3) is 0 Å². The van der Waals surface area contributed by atoms with E-state index in [4.69, 9.17) is 5.73 Å². The van der Waals surface area contributed by atoms with Gasteiger partial charge in [-0.2, -0.15) is 0 Å². The van der Waals surface area contributed by atoms with Crippen molar-refractivity contribution in [3.05, 3.63) is 18.3 Å². The molecule has 0 spiro atoms. The summed E-state index contributed by atoms with van der Waals surface area (Å²) in [5.41, 5.74) is 6.80. The Labute approximate surface area is 110 Å². The summed E-state index contributed by atoms with van der Waals surface area (Å²) in [6, 6.07) is 3.94. The first-order valence-electron chi connectivity index (χ1n) is 6.88. The molecule has 2 heterocycles. The van der Waals surface area contributed by atoms with E-state index >= 15 is 0 Å². The Balaban J connectivity index is 1.84. The molecule has 4 heteroatoms. The largest absolute Gasteiger partial charge is 0.384 e. The molecule has 1 aliphatic heterocycles. The molecule has 2 N–H and O–H groups in total. The van der Waals surface area contributed by atoms with E-state index in [0.29, 0.717) is 5.82 Å². The zero-order chi connectivity index (χ0) is 13.0. The average molecular weight is 248 g/mol. The van der Waals surface area contributed by atoms with E-state index in [-0.39, 0.29) is 0 Å². The molecule has 0 saturated carbocycles. The summed E-state index contributed by atoms with van der Waals surface area (Å²) in [6.45, 7) is 10.3. The number of piperazine rings is 1. The first-order valence-corrected chi connectivity index (χ1v) is 6.88. The lowest BCUT2D eigenvalue weighted by Crippen LogP contribution is -2.47. The lowest BCUT2D eigenvalue weighted by molar-refractivity contribution is 0.222. The van der Waals surface area contributed by atoms with Crippen molar-refractivity contribution in [1.82, 2.24) is 9.88 Å². The standard InChI is InChI=1S/C14H24N4/c1-3-12(2)11-17-6-8-18(9-7-17)13-4-5-14(15)16-10-13/h4-5,10,12H,3,6-9,11H2,1-2H3,(H2,15,16). The van der Waals surface area contributed by atoms with E-state index in [0.717, 1.165) is 32.1 Å². The molecule has 100 valence electrons. The highest BCUT2D eigenvalue weighted by molar-refractivity contribution is 5.48. The van der Waals surface area contributed by atoms with Gasteiger partial charge in [0.15, 0.2) is 0 Å². The zero-order valence-corrected chi connectivity index (χ0v) is 11.5. The van der Waals surface area contributed by atoms with Crippen molar-refractivity contribution in [2.45, 2.75) is 20.3 Å². The van der Waals surface area contributed by atoms with E-state index in [1.165, 1.54) is 18.7 Å². The Hall–Kier alpha value is -1.29. The second kappa shape index (κ2) is 6.05. The highest BCUT2D eigenvalue weighted by atomic mass is 15.3. The molecule has 2 rings (SSSR count). The minimum absolute atomic E-state index is 0.592. The van der Waals surface area contributed by atoms with Crippen LogP contribution in [0.1, 0.15) is 20.3 Å². The predicted octanol–water partition coefficient (Wildman–Crippen LogP) is 1.83. The number of rotatable bonds is 4. The molecule has 0 amide bonds. The van der Waals surface area contributed by atoms with Crippen molar-refractivity contribution in [3.63, 3.8) is 0 Å². The highest BCUT2D eigenvalue weighted by Crippen LogP contribution is 2.16. The normalized spacial score (nSPS) is 18.9. The molecule has 0 aliphatic carbocycles. The zero-order valence-electron chi connectivity index (χ0n) is 11.5. The van der Waals surface area contributed by atoms with Gasteiger partial charge in [0, 0.05) is 32.7 Å². The van der Waals surface area contributed by atoms with Gasteiger partial charge in [0.1, 0.15) is 5.82 Å². The van der Waals surface area contributed by atoms with Gasteiger partial charge in [0.05, 0.1) is 11.9 Å². The molecule has 1 atom stereocenters. The van der Waals surface area contributed by atoms with Gasteiger partial charge in [-0.3, -0.25) is 4.90 Å². The maximum Gasteiger partial charge on any atom is 0.123 e. The second-order valence-corrected chi connectivity index (χ2v) is 5.24. The van der Waals surface area contributed by atoms with Crippen molar-refractivity contribution >= 4 is 11.5 Å². The van der Waals surface area contributed by atoms with Crippen molar-refractivity contribution < 1.29 is 0 Å². The van der Waals surface area contributed by atoms with Crippen molar-refractivity contribution in [2.24, 2.45) is 5.92 Å². The van der Waals surface area contributed by atoms with E-state index in [9.17, 15) is 0 Å². The van der Waals surface area contributed by atoms with Crippen molar-refractivity contribution in [1.29, 1.82) is 0 Å². The van der Waals surface area contributed by atoms with Crippen LogP contribution in [0.25, 0.3) is 0 Å². The molecule has 1 aromatic rings. The molecule has 1 unspecified atom stereocenters. The van der Waals surface area contributed by atoms with Crippen LogP contribution >= 0.6 is 0 Å². The predicted molar refractivity (Wildman–Crippen MR) is 76.8 cm³/mol. The van der Waals surface area contributed by atoms with Crippen LogP contribution in [0.3, 0.4) is 0 Å². The Morgan fingerprint density at radius 2 is 2.00 bits per heavy atom. The molecule has 1 fully saturated rings.